The largest absolute Gasteiger partial charge is 0.374 e. The summed E-state index contributed by atoms with van der Waals surface area (Å²) in [7, 11) is 0. The van der Waals surface area contributed by atoms with Crippen LogP contribution in [-0.4, -0.2) is 37.3 Å². The molecule has 1 saturated heterocycles. The lowest BCUT2D eigenvalue weighted by Gasteiger charge is -2.39. The molecule has 5 rings (SSSR count). The third-order valence-corrected chi connectivity index (χ3v) is 8.50. The van der Waals surface area contributed by atoms with Gasteiger partial charge in [-0.25, -0.2) is 0 Å². The molecule has 0 unspecified atom stereocenters. The van der Waals surface area contributed by atoms with Crippen LogP contribution in [0.25, 0.3) is 0 Å². The average Bonchev–Trinajstić information content (AvgIpc) is 3.31. The molecule has 3 aromatic carbocycles. The van der Waals surface area contributed by atoms with Crippen molar-refractivity contribution < 1.29 is 23.7 Å². The Balaban J connectivity index is 1.35. The molecule has 2 fully saturated rings. The maximum Gasteiger partial charge on any atom is 0.187 e. The third kappa shape index (κ3) is 8.50. The molecule has 7 atom stereocenters. The predicted molar refractivity (Wildman–Crippen MR) is 161 cm³/mol. The Morgan fingerprint density at radius 1 is 0.707 bits per heavy atom. The van der Waals surface area contributed by atoms with E-state index >= 15 is 0 Å². The van der Waals surface area contributed by atoms with Crippen LogP contribution in [0.15, 0.2) is 91.0 Å². The lowest BCUT2D eigenvalue weighted by Crippen LogP contribution is -2.43. The monoisotopic (exact) mass is 558 g/mol. The van der Waals surface area contributed by atoms with Crippen molar-refractivity contribution in [3.05, 3.63) is 108 Å². The molecule has 1 aliphatic heterocycles. The summed E-state index contributed by atoms with van der Waals surface area (Å²) in [5, 5.41) is 0. The van der Waals surface area contributed by atoms with E-state index in [0.717, 1.165) is 23.1 Å². The number of hydrogen-bond donors (Lipinski definition) is 0. The lowest BCUT2D eigenvalue weighted by atomic mass is 9.75. The first kappa shape index (κ1) is 29.9. The van der Waals surface area contributed by atoms with Gasteiger partial charge in [0.2, 0.25) is 0 Å². The van der Waals surface area contributed by atoms with Gasteiger partial charge in [-0.3, -0.25) is 0 Å². The predicted octanol–water partition coefficient (Wildman–Crippen LogP) is 7.58. The van der Waals surface area contributed by atoms with Crippen molar-refractivity contribution in [2.75, 3.05) is 6.61 Å². The molecule has 41 heavy (non-hydrogen) atoms. The van der Waals surface area contributed by atoms with Crippen LogP contribution in [0, 0.1) is 17.8 Å². The fourth-order valence-electron chi connectivity index (χ4n) is 6.16. The van der Waals surface area contributed by atoms with Crippen LogP contribution < -0.4 is 0 Å². The van der Waals surface area contributed by atoms with Crippen molar-refractivity contribution >= 4 is 0 Å². The highest BCUT2D eigenvalue weighted by molar-refractivity contribution is 5.15. The molecular weight excluding hydrogens is 512 g/mol. The summed E-state index contributed by atoms with van der Waals surface area (Å²) in [6.45, 7) is 8.79. The van der Waals surface area contributed by atoms with Crippen LogP contribution in [0.2, 0.25) is 0 Å². The van der Waals surface area contributed by atoms with E-state index in [2.05, 4.69) is 57.2 Å². The van der Waals surface area contributed by atoms with Crippen LogP contribution in [-0.2, 0) is 43.5 Å². The van der Waals surface area contributed by atoms with Gasteiger partial charge >= 0.3 is 0 Å². The number of benzene rings is 3. The Labute approximate surface area is 246 Å². The van der Waals surface area contributed by atoms with Gasteiger partial charge in [0.05, 0.1) is 32.5 Å². The topological polar surface area (TPSA) is 46.2 Å². The van der Waals surface area contributed by atoms with Gasteiger partial charge in [-0.15, -0.1) is 0 Å². The second-order valence-electron chi connectivity index (χ2n) is 12.1. The van der Waals surface area contributed by atoms with Crippen molar-refractivity contribution in [1.29, 1.82) is 0 Å². The molecule has 1 saturated carbocycles. The van der Waals surface area contributed by atoms with Gasteiger partial charge in [0.1, 0.15) is 18.3 Å². The van der Waals surface area contributed by atoms with Gasteiger partial charge in [-0.2, -0.15) is 0 Å². The zero-order valence-electron chi connectivity index (χ0n) is 24.8. The minimum absolute atomic E-state index is 0.130. The first-order chi connectivity index (χ1) is 20.1. The van der Waals surface area contributed by atoms with E-state index in [1.54, 1.807) is 0 Å². The molecule has 1 aliphatic carbocycles. The highest BCUT2D eigenvalue weighted by Gasteiger charge is 2.49. The highest BCUT2D eigenvalue weighted by atomic mass is 16.7. The van der Waals surface area contributed by atoms with Gasteiger partial charge in [-0.05, 0) is 47.3 Å². The Kier molecular flexibility index (Phi) is 11.0. The van der Waals surface area contributed by atoms with E-state index < -0.39 is 6.29 Å². The summed E-state index contributed by atoms with van der Waals surface area (Å²) in [5.41, 5.74) is 3.36. The van der Waals surface area contributed by atoms with Crippen molar-refractivity contribution in [2.45, 2.75) is 90.6 Å². The minimum atomic E-state index is -0.527. The van der Waals surface area contributed by atoms with E-state index in [1.165, 1.54) is 12.8 Å². The first-order valence-corrected chi connectivity index (χ1v) is 15.3. The second-order valence-corrected chi connectivity index (χ2v) is 12.1. The molecular formula is C36H46O5. The zero-order chi connectivity index (χ0) is 28.4. The van der Waals surface area contributed by atoms with E-state index in [1.807, 2.05) is 54.6 Å². The highest BCUT2D eigenvalue weighted by Crippen LogP contribution is 2.39. The van der Waals surface area contributed by atoms with Gasteiger partial charge < -0.3 is 23.7 Å². The number of rotatable bonds is 13. The first-order valence-electron chi connectivity index (χ1n) is 15.3. The summed E-state index contributed by atoms with van der Waals surface area (Å²) in [6.07, 6.45) is 2.05. The van der Waals surface area contributed by atoms with Gasteiger partial charge in [0, 0.05) is 0 Å². The fraction of sp³-hybridized carbons (Fsp3) is 0.500. The Morgan fingerprint density at radius 3 is 1.80 bits per heavy atom. The number of hydrogen-bond acceptors (Lipinski definition) is 5. The Morgan fingerprint density at radius 2 is 1.24 bits per heavy atom. The lowest BCUT2D eigenvalue weighted by molar-refractivity contribution is -0.225. The second kappa shape index (κ2) is 15.1. The summed E-state index contributed by atoms with van der Waals surface area (Å²) in [5.74, 6) is 1.68. The number of ether oxygens (including phenoxy) is 5. The van der Waals surface area contributed by atoms with Crippen molar-refractivity contribution in [3.63, 3.8) is 0 Å². The minimum Gasteiger partial charge on any atom is -0.374 e. The molecule has 0 bridgehead atoms. The summed E-state index contributed by atoms with van der Waals surface area (Å²) in [6, 6.07) is 30.8. The SMILES string of the molecule is CC(C)[C@@H]1CC[C@@H](C)C[C@H]1O[C@H]1O[C@H](COCc2ccccc2)[C@@H](OCc2ccccc2)[C@H]1OCc1ccccc1. The molecule has 0 radical (unpaired) electrons. The summed E-state index contributed by atoms with van der Waals surface area (Å²) >= 11 is 0. The van der Waals surface area contributed by atoms with Crippen LogP contribution in [0.1, 0.15) is 56.7 Å². The molecule has 5 nitrogen and oxygen atoms in total. The van der Waals surface area contributed by atoms with Gasteiger partial charge in [0.25, 0.3) is 0 Å². The van der Waals surface area contributed by atoms with E-state index in [-0.39, 0.29) is 24.4 Å². The Hall–Kier alpha value is -2.54. The molecule has 220 valence electrons. The van der Waals surface area contributed by atoms with Gasteiger partial charge in [0.15, 0.2) is 6.29 Å². The quantitative estimate of drug-likeness (QED) is 0.216. The van der Waals surface area contributed by atoms with E-state index in [9.17, 15) is 0 Å². The molecule has 0 amide bonds. The molecule has 1 heterocycles. The molecule has 0 spiro atoms. The third-order valence-electron chi connectivity index (χ3n) is 8.50. The maximum absolute atomic E-state index is 6.89. The standard InChI is InChI=1S/C36H46O5/c1-26(2)31-20-19-27(3)21-32(31)40-36-35(39-24-30-17-11-6-12-18-30)34(38-23-29-15-9-5-10-16-29)33(41-36)25-37-22-28-13-7-4-8-14-28/h4-18,26-27,31-36H,19-25H2,1-3H3/t27-,31+,32-,33-,34-,35-,36+/m1/s1. The molecule has 0 aromatic heterocycles. The smallest absolute Gasteiger partial charge is 0.187 e. The zero-order valence-corrected chi connectivity index (χ0v) is 24.8. The van der Waals surface area contributed by atoms with Crippen LogP contribution in [0.5, 0.6) is 0 Å². The summed E-state index contributed by atoms with van der Waals surface area (Å²) in [4.78, 5) is 0. The van der Waals surface area contributed by atoms with E-state index in [0.29, 0.717) is 44.2 Å². The maximum atomic E-state index is 6.89. The van der Waals surface area contributed by atoms with Crippen LogP contribution in [0.4, 0.5) is 0 Å². The Bertz CT molecular complexity index is 1140. The molecule has 2 aliphatic rings. The van der Waals surface area contributed by atoms with E-state index in [4.69, 9.17) is 23.7 Å². The normalized spacial score (nSPS) is 28.2. The summed E-state index contributed by atoms with van der Waals surface area (Å²) < 4.78 is 33.0. The van der Waals surface area contributed by atoms with Gasteiger partial charge in [-0.1, -0.05) is 118 Å². The van der Waals surface area contributed by atoms with Crippen LogP contribution in [0.3, 0.4) is 0 Å². The molecule has 0 N–H and O–H groups in total. The fourth-order valence-corrected chi connectivity index (χ4v) is 6.16. The van der Waals surface area contributed by atoms with Crippen molar-refractivity contribution in [2.24, 2.45) is 17.8 Å². The van der Waals surface area contributed by atoms with Crippen LogP contribution >= 0.6 is 0 Å². The molecule has 5 heteroatoms. The van der Waals surface area contributed by atoms with Crippen molar-refractivity contribution in [3.8, 4) is 0 Å². The average molecular weight is 559 g/mol. The van der Waals surface area contributed by atoms with Crippen molar-refractivity contribution in [1.82, 2.24) is 0 Å². The molecule has 3 aromatic rings.